The second kappa shape index (κ2) is 8.26. The molecule has 0 heterocycles. The van der Waals surface area contributed by atoms with Crippen LogP contribution in [0.4, 0.5) is 18.0 Å². The molecule has 0 aromatic heterocycles. The Labute approximate surface area is 126 Å². The molecule has 0 aliphatic rings. The molecule has 0 saturated heterocycles. The lowest BCUT2D eigenvalue weighted by molar-refractivity contribution is -0.173. The molecule has 122 valence electrons. The van der Waals surface area contributed by atoms with Crippen molar-refractivity contribution in [3.8, 4) is 0 Å². The van der Waals surface area contributed by atoms with E-state index >= 15 is 0 Å². The highest BCUT2D eigenvalue weighted by molar-refractivity contribution is 5.81. The molecule has 0 spiro atoms. The fourth-order valence-electron chi connectivity index (χ4n) is 1.54. The summed E-state index contributed by atoms with van der Waals surface area (Å²) >= 11 is 0. The zero-order valence-electron chi connectivity index (χ0n) is 12.0. The van der Waals surface area contributed by atoms with Crippen LogP contribution in [0.25, 0.3) is 0 Å². The molecule has 22 heavy (non-hydrogen) atoms. The van der Waals surface area contributed by atoms with Crippen LogP contribution in [0.3, 0.4) is 0 Å². The minimum atomic E-state index is -4.89. The molecule has 0 atom stereocenters. The Morgan fingerprint density at radius 2 is 1.86 bits per heavy atom. The van der Waals surface area contributed by atoms with Crippen LogP contribution in [0.2, 0.25) is 0 Å². The number of amides is 2. The van der Waals surface area contributed by atoms with E-state index in [0.717, 1.165) is 5.56 Å². The summed E-state index contributed by atoms with van der Waals surface area (Å²) in [6, 6.07) is 9.08. The minimum absolute atomic E-state index is 0.120. The minimum Gasteiger partial charge on any atom is -0.445 e. The third-order valence-electron chi connectivity index (χ3n) is 2.73. The average Bonchev–Trinajstić information content (AvgIpc) is 2.48. The molecule has 0 radical (unpaired) electrons. The second-order valence-corrected chi connectivity index (χ2v) is 4.57. The molecular formula is C14H17F3N2O3. The summed E-state index contributed by atoms with van der Waals surface area (Å²) in [6.45, 7) is 0.120. The number of halogens is 3. The third kappa shape index (κ3) is 6.47. The molecule has 0 unspecified atom stereocenters. The predicted octanol–water partition coefficient (Wildman–Crippen LogP) is 2.32. The molecule has 2 amide bonds. The number of alkyl halides is 3. The topological polar surface area (TPSA) is 58.6 Å². The summed E-state index contributed by atoms with van der Waals surface area (Å²) in [5.41, 5.74) is 0.835. The quantitative estimate of drug-likeness (QED) is 0.819. The van der Waals surface area contributed by atoms with Crippen LogP contribution >= 0.6 is 0 Å². The molecule has 0 aliphatic heterocycles. The van der Waals surface area contributed by atoms with Crippen molar-refractivity contribution in [2.75, 3.05) is 20.1 Å². The van der Waals surface area contributed by atoms with Crippen molar-refractivity contribution in [3.05, 3.63) is 35.9 Å². The lowest BCUT2D eigenvalue weighted by atomic mass is 10.2. The van der Waals surface area contributed by atoms with E-state index in [1.165, 1.54) is 11.9 Å². The molecule has 0 fully saturated rings. The highest BCUT2D eigenvalue weighted by Gasteiger charge is 2.38. The zero-order valence-corrected chi connectivity index (χ0v) is 12.0. The van der Waals surface area contributed by atoms with E-state index in [9.17, 15) is 22.8 Å². The van der Waals surface area contributed by atoms with Crippen LogP contribution in [0.5, 0.6) is 0 Å². The number of hydrogen-bond donors (Lipinski definition) is 1. The van der Waals surface area contributed by atoms with Gasteiger partial charge in [-0.2, -0.15) is 13.2 Å². The largest absolute Gasteiger partial charge is 0.471 e. The van der Waals surface area contributed by atoms with E-state index in [1.54, 1.807) is 17.4 Å². The lowest BCUT2D eigenvalue weighted by Crippen LogP contribution is -2.38. The first kappa shape index (κ1) is 17.8. The molecule has 0 saturated carbocycles. The first-order chi connectivity index (χ1) is 10.3. The molecule has 0 bridgehead atoms. The summed E-state index contributed by atoms with van der Waals surface area (Å²) in [6.07, 6.45) is -5.27. The number of benzene rings is 1. The van der Waals surface area contributed by atoms with E-state index in [0.29, 0.717) is 0 Å². The van der Waals surface area contributed by atoms with Gasteiger partial charge in [0.05, 0.1) is 0 Å². The van der Waals surface area contributed by atoms with Crippen LogP contribution in [-0.2, 0) is 16.1 Å². The Kier molecular flexibility index (Phi) is 6.68. The van der Waals surface area contributed by atoms with Crippen LogP contribution < -0.4 is 5.32 Å². The van der Waals surface area contributed by atoms with Crippen molar-refractivity contribution < 1.29 is 27.5 Å². The van der Waals surface area contributed by atoms with Gasteiger partial charge in [0.15, 0.2) is 0 Å². The van der Waals surface area contributed by atoms with Gasteiger partial charge < -0.3 is 15.0 Å². The molecule has 0 aliphatic carbocycles. The van der Waals surface area contributed by atoms with E-state index in [2.05, 4.69) is 0 Å². The smallest absolute Gasteiger partial charge is 0.445 e. The van der Waals surface area contributed by atoms with Gasteiger partial charge in [0, 0.05) is 20.1 Å². The van der Waals surface area contributed by atoms with E-state index in [1.807, 2.05) is 18.2 Å². The van der Waals surface area contributed by atoms with Crippen LogP contribution in [-0.4, -0.2) is 43.2 Å². The van der Waals surface area contributed by atoms with Gasteiger partial charge in [-0.05, 0) is 12.0 Å². The molecule has 1 aromatic rings. The van der Waals surface area contributed by atoms with Crippen molar-refractivity contribution in [2.45, 2.75) is 19.2 Å². The SMILES string of the molecule is CN(CCCNC(=O)C(F)(F)F)C(=O)OCc1ccccc1. The lowest BCUT2D eigenvalue weighted by Gasteiger charge is -2.17. The Morgan fingerprint density at radius 1 is 1.23 bits per heavy atom. The van der Waals surface area contributed by atoms with Gasteiger partial charge in [-0.25, -0.2) is 4.79 Å². The first-order valence-electron chi connectivity index (χ1n) is 6.57. The van der Waals surface area contributed by atoms with Gasteiger partial charge in [0.25, 0.3) is 0 Å². The van der Waals surface area contributed by atoms with Crippen molar-refractivity contribution >= 4 is 12.0 Å². The van der Waals surface area contributed by atoms with Gasteiger partial charge in [0.2, 0.25) is 0 Å². The van der Waals surface area contributed by atoms with Gasteiger partial charge in [-0.1, -0.05) is 30.3 Å². The van der Waals surface area contributed by atoms with Gasteiger partial charge >= 0.3 is 18.2 Å². The van der Waals surface area contributed by atoms with Crippen LogP contribution in [0.1, 0.15) is 12.0 Å². The summed E-state index contributed by atoms with van der Waals surface area (Å²) in [4.78, 5) is 23.4. The van der Waals surface area contributed by atoms with Crippen molar-refractivity contribution in [3.63, 3.8) is 0 Å². The van der Waals surface area contributed by atoms with Crippen molar-refractivity contribution in [1.82, 2.24) is 10.2 Å². The van der Waals surface area contributed by atoms with Crippen LogP contribution in [0.15, 0.2) is 30.3 Å². The Bertz CT molecular complexity index is 492. The second-order valence-electron chi connectivity index (χ2n) is 4.57. The number of hydrogen-bond acceptors (Lipinski definition) is 3. The maximum Gasteiger partial charge on any atom is 0.471 e. The van der Waals surface area contributed by atoms with E-state index in [-0.39, 0.29) is 26.1 Å². The number of carbonyl (C=O) groups excluding carboxylic acids is 2. The van der Waals surface area contributed by atoms with Crippen molar-refractivity contribution in [1.29, 1.82) is 0 Å². The fraction of sp³-hybridized carbons (Fsp3) is 0.429. The molecular weight excluding hydrogens is 301 g/mol. The average molecular weight is 318 g/mol. The number of nitrogens with one attached hydrogen (secondary N) is 1. The fourth-order valence-corrected chi connectivity index (χ4v) is 1.54. The van der Waals surface area contributed by atoms with E-state index < -0.39 is 18.2 Å². The molecule has 1 aromatic carbocycles. The van der Waals surface area contributed by atoms with Gasteiger partial charge in [-0.3, -0.25) is 4.79 Å². The molecule has 8 heteroatoms. The summed E-state index contributed by atoms with van der Waals surface area (Å²) in [5, 5.41) is 1.73. The highest BCUT2D eigenvalue weighted by Crippen LogP contribution is 2.13. The highest BCUT2D eigenvalue weighted by atomic mass is 19.4. The summed E-state index contributed by atoms with van der Waals surface area (Å²) in [5.74, 6) is -1.98. The Morgan fingerprint density at radius 3 is 2.45 bits per heavy atom. The Hall–Kier alpha value is -2.25. The standard InChI is InChI=1S/C14H17F3N2O3/c1-19(9-5-8-18-12(20)14(15,16)17)13(21)22-10-11-6-3-2-4-7-11/h2-4,6-7H,5,8-10H2,1H3,(H,18,20). The monoisotopic (exact) mass is 318 g/mol. The number of rotatable bonds is 6. The molecule has 1 rings (SSSR count). The number of ether oxygens (including phenoxy) is 1. The van der Waals surface area contributed by atoms with E-state index in [4.69, 9.17) is 4.74 Å². The van der Waals surface area contributed by atoms with Crippen molar-refractivity contribution in [2.24, 2.45) is 0 Å². The predicted molar refractivity (Wildman–Crippen MR) is 72.9 cm³/mol. The molecule has 5 nitrogen and oxygen atoms in total. The summed E-state index contributed by atoms with van der Waals surface area (Å²) < 4.78 is 40.8. The van der Waals surface area contributed by atoms with Gasteiger partial charge in [0.1, 0.15) is 6.61 Å². The third-order valence-corrected chi connectivity index (χ3v) is 2.73. The molecule has 1 N–H and O–H groups in total. The van der Waals surface area contributed by atoms with Gasteiger partial charge in [-0.15, -0.1) is 0 Å². The number of nitrogens with zero attached hydrogens (tertiary/aromatic N) is 1. The normalized spacial score (nSPS) is 10.9. The maximum atomic E-state index is 11.9. The number of carbonyl (C=O) groups is 2. The summed E-state index contributed by atoms with van der Waals surface area (Å²) in [7, 11) is 1.47. The Balaban J connectivity index is 2.20. The van der Waals surface area contributed by atoms with Crippen LogP contribution in [0, 0.1) is 0 Å². The first-order valence-corrected chi connectivity index (χ1v) is 6.57. The zero-order chi connectivity index (χ0) is 16.6. The maximum absolute atomic E-state index is 11.9.